The second kappa shape index (κ2) is 10.1. The minimum atomic E-state index is -0.0703. The summed E-state index contributed by atoms with van der Waals surface area (Å²) in [4.78, 5) is 35.4. The number of methoxy groups -OCH3 is 1. The number of aromatic nitrogens is 1. The fourth-order valence-electron chi connectivity index (χ4n) is 4.13. The summed E-state index contributed by atoms with van der Waals surface area (Å²) in [6.07, 6.45) is 1.91. The van der Waals surface area contributed by atoms with Crippen LogP contribution in [0.25, 0.3) is 22.0 Å². The summed E-state index contributed by atoms with van der Waals surface area (Å²) in [5, 5.41) is 0.671. The van der Waals surface area contributed by atoms with Crippen molar-refractivity contribution in [2.45, 2.75) is 6.42 Å². The zero-order valence-electron chi connectivity index (χ0n) is 19.3. The van der Waals surface area contributed by atoms with Crippen LogP contribution >= 0.6 is 11.3 Å². The predicted octanol–water partition coefficient (Wildman–Crippen LogP) is 4.61. The molecule has 35 heavy (non-hydrogen) atoms. The van der Waals surface area contributed by atoms with E-state index in [1.165, 1.54) is 11.3 Å². The molecule has 0 saturated carbocycles. The highest BCUT2D eigenvalue weighted by molar-refractivity contribution is 7.17. The minimum absolute atomic E-state index is 0.0493. The highest BCUT2D eigenvalue weighted by Crippen LogP contribution is 2.35. The first kappa shape index (κ1) is 22.9. The van der Waals surface area contributed by atoms with Crippen molar-refractivity contribution in [1.29, 1.82) is 0 Å². The van der Waals surface area contributed by atoms with Crippen LogP contribution in [0.1, 0.15) is 15.2 Å². The summed E-state index contributed by atoms with van der Waals surface area (Å²) in [5.41, 5.74) is 2.45. The van der Waals surface area contributed by atoms with Crippen LogP contribution in [0.5, 0.6) is 5.75 Å². The fourth-order valence-corrected chi connectivity index (χ4v) is 5.16. The first-order valence-electron chi connectivity index (χ1n) is 11.4. The molecule has 0 unspecified atom stereocenters. The summed E-state index contributed by atoms with van der Waals surface area (Å²) in [5.74, 6) is 1.35. The number of furan rings is 1. The average molecular weight is 488 g/mol. The molecular weight excluding hydrogens is 462 g/mol. The molecule has 0 radical (unpaired) electrons. The summed E-state index contributed by atoms with van der Waals surface area (Å²) >= 11 is 1.34. The normalized spacial score (nSPS) is 13.6. The maximum absolute atomic E-state index is 13.6. The molecule has 1 saturated heterocycles. The van der Waals surface area contributed by atoms with Crippen molar-refractivity contribution in [2.24, 2.45) is 0 Å². The van der Waals surface area contributed by atoms with Gasteiger partial charge in [0.1, 0.15) is 10.6 Å². The molecule has 0 atom stereocenters. The van der Waals surface area contributed by atoms with Gasteiger partial charge in [-0.25, -0.2) is 4.98 Å². The Balaban J connectivity index is 1.30. The zero-order chi connectivity index (χ0) is 24.2. The number of carbonyl (C=O) groups excluding carboxylic acids is 2. The van der Waals surface area contributed by atoms with Gasteiger partial charge in [-0.05, 0) is 29.8 Å². The molecule has 2 aromatic carbocycles. The number of amides is 2. The van der Waals surface area contributed by atoms with E-state index in [0.717, 1.165) is 16.9 Å². The van der Waals surface area contributed by atoms with Crippen molar-refractivity contribution in [1.82, 2.24) is 14.8 Å². The van der Waals surface area contributed by atoms with E-state index in [0.29, 0.717) is 53.9 Å². The van der Waals surface area contributed by atoms with Crippen LogP contribution in [0, 0.1) is 0 Å². The molecule has 2 aromatic heterocycles. The van der Waals surface area contributed by atoms with Gasteiger partial charge in [0.05, 0.1) is 25.5 Å². The highest BCUT2D eigenvalue weighted by atomic mass is 32.1. The van der Waals surface area contributed by atoms with Gasteiger partial charge in [-0.15, -0.1) is 11.3 Å². The Labute approximate surface area is 207 Å². The van der Waals surface area contributed by atoms with Crippen molar-refractivity contribution < 1.29 is 18.7 Å². The molecule has 0 aliphatic carbocycles. The number of ether oxygens (including phenoxy) is 1. The second-order valence-corrected chi connectivity index (χ2v) is 9.24. The SMILES string of the molecule is COc1cccc(CC(=O)N2CCN(C(=O)c3sc(-c4ccco4)nc3-c3ccccc3)CC2)c1. The Bertz CT molecular complexity index is 1310. The van der Waals surface area contributed by atoms with E-state index >= 15 is 0 Å². The number of thiazole rings is 1. The molecule has 3 heterocycles. The quantitative estimate of drug-likeness (QED) is 0.397. The number of benzene rings is 2. The second-order valence-electron chi connectivity index (χ2n) is 8.24. The van der Waals surface area contributed by atoms with Gasteiger partial charge in [-0.1, -0.05) is 42.5 Å². The van der Waals surface area contributed by atoms with Gasteiger partial charge in [0.2, 0.25) is 5.91 Å². The molecule has 1 aliphatic rings. The molecule has 0 bridgehead atoms. The topological polar surface area (TPSA) is 75.9 Å². The largest absolute Gasteiger partial charge is 0.497 e. The van der Waals surface area contributed by atoms with Crippen LogP contribution in [0.15, 0.2) is 77.4 Å². The van der Waals surface area contributed by atoms with E-state index in [1.54, 1.807) is 18.3 Å². The molecule has 4 aromatic rings. The van der Waals surface area contributed by atoms with E-state index in [2.05, 4.69) is 0 Å². The maximum atomic E-state index is 13.6. The van der Waals surface area contributed by atoms with Gasteiger partial charge < -0.3 is 19.0 Å². The Hall–Kier alpha value is -3.91. The number of rotatable bonds is 6. The highest BCUT2D eigenvalue weighted by Gasteiger charge is 2.29. The van der Waals surface area contributed by atoms with Gasteiger partial charge in [-0.3, -0.25) is 9.59 Å². The standard InChI is InChI=1S/C27H25N3O4S/c1-33-21-10-5-7-19(17-21)18-23(31)29-12-14-30(15-13-29)27(32)25-24(20-8-3-2-4-9-20)28-26(35-25)22-11-6-16-34-22/h2-11,16-17H,12-15,18H2,1H3. The number of piperazine rings is 1. The summed E-state index contributed by atoms with van der Waals surface area (Å²) in [6.45, 7) is 1.95. The van der Waals surface area contributed by atoms with Crippen LogP contribution in [0.4, 0.5) is 0 Å². The number of nitrogens with zero attached hydrogens (tertiary/aromatic N) is 3. The van der Waals surface area contributed by atoms with Crippen molar-refractivity contribution in [2.75, 3.05) is 33.3 Å². The molecule has 2 amide bonds. The Morgan fingerprint density at radius 1 is 0.971 bits per heavy atom. The van der Waals surface area contributed by atoms with Gasteiger partial charge in [0, 0.05) is 31.7 Å². The van der Waals surface area contributed by atoms with E-state index in [1.807, 2.05) is 71.6 Å². The van der Waals surface area contributed by atoms with Crippen molar-refractivity contribution in [3.8, 4) is 27.8 Å². The molecule has 8 heteroatoms. The molecule has 0 N–H and O–H groups in total. The minimum Gasteiger partial charge on any atom is -0.497 e. The third-order valence-electron chi connectivity index (χ3n) is 6.01. The van der Waals surface area contributed by atoms with Crippen LogP contribution in [-0.2, 0) is 11.2 Å². The fraction of sp³-hybridized carbons (Fsp3) is 0.222. The van der Waals surface area contributed by atoms with Crippen molar-refractivity contribution >= 4 is 23.2 Å². The zero-order valence-corrected chi connectivity index (χ0v) is 20.2. The van der Waals surface area contributed by atoms with Crippen LogP contribution in [-0.4, -0.2) is 59.9 Å². The predicted molar refractivity (Wildman–Crippen MR) is 134 cm³/mol. The molecular formula is C27H25N3O4S. The van der Waals surface area contributed by atoms with Crippen LogP contribution in [0.3, 0.4) is 0 Å². The molecule has 0 spiro atoms. The van der Waals surface area contributed by atoms with Gasteiger partial charge >= 0.3 is 0 Å². The number of hydrogen-bond donors (Lipinski definition) is 0. The number of hydrogen-bond acceptors (Lipinski definition) is 6. The lowest BCUT2D eigenvalue weighted by atomic mass is 10.1. The van der Waals surface area contributed by atoms with E-state index in [-0.39, 0.29) is 11.8 Å². The van der Waals surface area contributed by atoms with Gasteiger partial charge in [0.15, 0.2) is 10.8 Å². The molecule has 7 nitrogen and oxygen atoms in total. The van der Waals surface area contributed by atoms with Crippen molar-refractivity contribution in [3.63, 3.8) is 0 Å². The monoisotopic (exact) mass is 487 g/mol. The lowest BCUT2D eigenvalue weighted by Gasteiger charge is -2.34. The molecule has 5 rings (SSSR count). The molecule has 178 valence electrons. The van der Waals surface area contributed by atoms with Crippen molar-refractivity contribution in [3.05, 3.63) is 83.4 Å². The first-order valence-corrected chi connectivity index (χ1v) is 12.2. The van der Waals surface area contributed by atoms with Crippen LogP contribution in [0.2, 0.25) is 0 Å². The van der Waals surface area contributed by atoms with E-state index < -0.39 is 0 Å². The third-order valence-corrected chi connectivity index (χ3v) is 7.07. The maximum Gasteiger partial charge on any atom is 0.266 e. The average Bonchev–Trinajstić information content (AvgIpc) is 3.59. The smallest absolute Gasteiger partial charge is 0.266 e. The molecule has 1 fully saturated rings. The Morgan fingerprint density at radius 3 is 2.46 bits per heavy atom. The van der Waals surface area contributed by atoms with Gasteiger partial charge in [0.25, 0.3) is 5.91 Å². The summed E-state index contributed by atoms with van der Waals surface area (Å²) < 4.78 is 10.8. The first-order chi connectivity index (χ1) is 17.1. The van der Waals surface area contributed by atoms with Crippen LogP contribution < -0.4 is 4.74 Å². The Morgan fingerprint density at radius 2 is 1.74 bits per heavy atom. The molecule has 1 aliphatic heterocycles. The van der Waals surface area contributed by atoms with E-state index in [9.17, 15) is 9.59 Å². The number of carbonyl (C=O) groups is 2. The third kappa shape index (κ3) is 4.97. The summed E-state index contributed by atoms with van der Waals surface area (Å²) in [7, 11) is 1.61. The summed E-state index contributed by atoms with van der Waals surface area (Å²) in [6, 6.07) is 20.9. The lowest BCUT2D eigenvalue weighted by molar-refractivity contribution is -0.131. The van der Waals surface area contributed by atoms with Gasteiger partial charge in [-0.2, -0.15) is 0 Å². The Kier molecular flexibility index (Phi) is 6.63. The lowest BCUT2D eigenvalue weighted by Crippen LogP contribution is -2.50. The van der Waals surface area contributed by atoms with E-state index in [4.69, 9.17) is 14.1 Å².